The number of pyridine rings is 1. The SMILES string of the molecule is CCOc1cccn2c(C(=O)CCC3(O)CCN(C)CC3)c(C)nc12. The third-order valence-electron chi connectivity index (χ3n) is 5.09. The number of carbonyl (C=O) groups is 1. The topological polar surface area (TPSA) is 67.1 Å². The molecule has 6 nitrogen and oxygen atoms in total. The first-order valence-electron chi connectivity index (χ1n) is 8.98. The van der Waals surface area contributed by atoms with Crippen molar-refractivity contribution >= 4 is 11.4 Å². The highest BCUT2D eigenvalue weighted by Crippen LogP contribution is 2.28. The number of ketones is 1. The minimum atomic E-state index is -0.729. The molecule has 0 radical (unpaired) electrons. The second-order valence-corrected chi connectivity index (χ2v) is 7.00. The van der Waals surface area contributed by atoms with Gasteiger partial charge in [0.1, 0.15) is 5.69 Å². The molecule has 0 amide bonds. The molecule has 1 N–H and O–H groups in total. The molecular weight excluding hydrogens is 318 g/mol. The van der Waals surface area contributed by atoms with Gasteiger partial charge in [0.05, 0.1) is 17.9 Å². The number of aryl methyl sites for hydroxylation is 1. The van der Waals surface area contributed by atoms with Crippen molar-refractivity contribution in [2.75, 3.05) is 26.7 Å². The number of piperidine rings is 1. The van der Waals surface area contributed by atoms with Crippen molar-refractivity contribution < 1.29 is 14.6 Å². The van der Waals surface area contributed by atoms with Crippen LogP contribution in [-0.4, -0.2) is 57.5 Å². The van der Waals surface area contributed by atoms with Gasteiger partial charge in [0.2, 0.25) is 0 Å². The molecule has 1 saturated heterocycles. The average Bonchev–Trinajstić information content (AvgIpc) is 2.93. The average molecular weight is 345 g/mol. The van der Waals surface area contributed by atoms with E-state index in [9.17, 15) is 9.90 Å². The molecule has 0 bridgehead atoms. The van der Waals surface area contributed by atoms with Gasteiger partial charge in [-0.3, -0.25) is 9.20 Å². The molecule has 6 heteroatoms. The number of rotatable bonds is 6. The molecule has 0 saturated carbocycles. The number of fused-ring (bicyclic) bond motifs is 1. The van der Waals surface area contributed by atoms with Crippen LogP contribution in [0, 0.1) is 6.92 Å². The van der Waals surface area contributed by atoms with Crippen LogP contribution in [-0.2, 0) is 0 Å². The molecule has 0 aliphatic carbocycles. The summed E-state index contributed by atoms with van der Waals surface area (Å²) in [6, 6.07) is 3.72. The zero-order valence-corrected chi connectivity index (χ0v) is 15.3. The minimum absolute atomic E-state index is 0.0194. The molecule has 0 aromatic carbocycles. The highest BCUT2D eigenvalue weighted by atomic mass is 16.5. The number of Topliss-reactive ketones (excluding diaryl/α,β-unsaturated/α-hetero) is 1. The lowest BCUT2D eigenvalue weighted by atomic mass is 9.86. The van der Waals surface area contributed by atoms with Gasteiger partial charge in [-0.25, -0.2) is 4.98 Å². The van der Waals surface area contributed by atoms with Gasteiger partial charge in [-0.2, -0.15) is 0 Å². The van der Waals surface area contributed by atoms with Crippen LogP contribution in [0.3, 0.4) is 0 Å². The number of aromatic nitrogens is 2. The van der Waals surface area contributed by atoms with Gasteiger partial charge < -0.3 is 14.7 Å². The molecule has 2 aromatic rings. The zero-order valence-electron chi connectivity index (χ0n) is 15.3. The highest BCUT2D eigenvalue weighted by Gasteiger charge is 2.32. The number of hydrogen-bond donors (Lipinski definition) is 1. The van der Waals surface area contributed by atoms with Gasteiger partial charge in [-0.15, -0.1) is 0 Å². The van der Waals surface area contributed by atoms with Crippen molar-refractivity contribution in [2.24, 2.45) is 0 Å². The van der Waals surface area contributed by atoms with Gasteiger partial charge in [0, 0.05) is 25.7 Å². The summed E-state index contributed by atoms with van der Waals surface area (Å²) < 4.78 is 7.42. The Bertz CT molecular complexity index is 761. The summed E-state index contributed by atoms with van der Waals surface area (Å²) in [5, 5.41) is 10.7. The normalized spacial score (nSPS) is 17.8. The molecule has 1 aliphatic rings. The molecule has 0 spiro atoms. The van der Waals surface area contributed by atoms with Crippen LogP contribution in [0.25, 0.3) is 5.65 Å². The summed E-state index contributed by atoms with van der Waals surface area (Å²) >= 11 is 0. The fraction of sp³-hybridized carbons (Fsp3) is 0.579. The number of aliphatic hydroxyl groups is 1. The van der Waals surface area contributed by atoms with Gasteiger partial charge in [-0.1, -0.05) is 0 Å². The third-order valence-corrected chi connectivity index (χ3v) is 5.09. The number of imidazole rings is 1. The van der Waals surface area contributed by atoms with Gasteiger partial charge in [0.25, 0.3) is 0 Å². The van der Waals surface area contributed by atoms with Crippen LogP contribution in [0.1, 0.15) is 48.8 Å². The smallest absolute Gasteiger partial charge is 0.181 e. The molecule has 2 aromatic heterocycles. The molecule has 1 aliphatic heterocycles. The fourth-order valence-electron chi connectivity index (χ4n) is 3.51. The van der Waals surface area contributed by atoms with E-state index in [1.54, 1.807) is 4.40 Å². The first-order valence-corrected chi connectivity index (χ1v) is 8.98. The highest BCUT2D eigenvalue weighted by molar-refractivity contribution is 5.96. The summed E-state index contributed by atoms with van der Waals surface area (Å²) in [5.41, 5.74) is 1.23. The first kappa shape index (κ1) is 17.9. The van der Waals surface area contributed by atoms with E-state index in [1.807, 2.05) is 32.2 Å². The van der Waals surface area contributed by atoms with Crippen LogP contribution in [0.5, 0.6) is 5.75 Å². The monoisotopic (exact) mass is 345 g/mol. The third kappa shape index (κ3) is 3.70. The Labute approximate surface area is 148 Å². The minimum Gasteiger partial charge on any atom is -0.490 e. The Balaban J connectivity index is 1.78. The maximum atomic E-state index is 12.8. The number of ether oxygens (including phenoxy) is 1. The Morgan fingerprint density at radius 1 is 1.40 bits per heavy atom. The van der Waals surface area contributed by atoms with E-state index < -0.39 is 5.60 Å². The van der Waals surface area contributed by atoms with Crippen molar-refractivity contribution in [2.45, 2.75) is 45.1 Å². The Morgan fingerprint density at radius 2 is 2.12 bits per heavy atom. The first-order chi connectivity index (χ1) is 11.9. The lowest BCUT2D eigenvalue weighted by Gasteiger charge is -2.36. The lowest BCUT2D eigenvalue weighted by Crippen LogP contribution is -2.42. The summed E-state index contributed by atoms with van der Waals surface area (Å²) in [6.45, 7) is 6.07. The molecule has 0 atom stereocenters. The summed E-state index contributed by atoms with van der Waals surface area (Å²) in [5.74, 6) is 0.701. The second-order valence-electron chi connectivity index (χ2n) is 7.00. The molecule has 3 rings (SSSR count). The van der Waals surface area contributed by atoms with Crippen molar-refractivity contribution in [3.8, 4) is 5.75 Å². The van der Waals surface area contributed by atoms with Crippen LogP contribution in [0.4, 0.5) is 0 Å². The van der Waals surface area contributed by atoms with E-state index in [-0.39, 0.29) is 5.78 Å². The van der Waals surface area contributed by atoms with E-state index in [4.69, 9.17) is 4.74 Å². The van der Waals surface area contributed by atoms with Crippen molar-refractivity contribution in [1.82, 2.24) is 14.3 Å². The van der Waals surface area contributed by atoms with Crippen LogP contribution in [0.15, 0.2) is 18.3 Å². The van der Waals surface area contributed by atoms with Crippen molar-refractivity contribution in [1.29, 1.82) is 0 Å². The predicted molar refractivity (Wildman–Crippen MR) is 96.3 cm³/mol. The fourth-order valence-corrected chi connectivity index (χ4v) is 3.51. The summed E-state index contributed by atoms with van der Waals surface area (Å²) in [6.07, 6.45) is 4.11. The van der Waals surface area contributed by atoms with E-state index in [0.29, 0.717) is 42.2 Å². The Kier molecular flexibility index (Phi) is 5.11. The number of nitrogens with zero attached hydrogens (tertiary/aromatic N) is 3. The van der Waals surface area contributed by atoms with E-state index in [2.05, 4.69) is 16.9 Å². The maximum absolute atomic E-state index is 12.8. The maximum Gasteiger partial charge on any atom is 0.181 e. The number of carbonyl (C=O) groups excluding carboxylic acids is 1. The van der Waals surface area contributed by atoms with Gasteiger partial charge >= 0.3 is 0 Å². The molecule has 1 fully saturated rings. The summed E-state index contributed by atoms with van der Waals surface area (Å²) in [4.78, 5) is 19.6. The Morgan fingerprint density at radius 3 is 2.80 bits per heavy atom. The molecule has 25 heavy (non-hydrogen) atoms. The van der Waals surface area contributed by atoms with E-state index in [0.717, 1.165) is 25.9 Å². The molecule has 0 unspecified atom stereocenters. The van der Waals surface area contributed by atoms with Crippen LogP contribution < -0.4 is 4.74 Å². The predicted octanol–water partition coefficient (Wildman–Crippen LogP) is 2.46. The van der Waals surface area contributed by atoms with Crippen molar-refractivity contribution in [3.05, 3.63) is 29.7 Å². The summed E-state index contributed by atoms with van der Waals surface area (Å²) in [7, 11) is 2.06. The van der Waals surface area contributed by atoms with Gasteiger partial charge in [0.15, 0.2) is 17.2 Å². The quantitative estimate of drug-likeness (QED) is 0.815. The zero-order chi connectivity index (χ0) is 18.0. The van der Waals surface area contributed by atoms with Gasteiger partial charge in [-0.05, 0) is 52.3 Å². The van der Waals surface area contributed by atoms with Crippen molar-refractivity contribution in [3.63, 3.8) is 0 Å². The number of likely N-dealkylation sites (tertiary alicyclic amines) is 1. The second kappa shape index (κ2) is 7.14. The van der Waals surface area contributed by atoms with E-state index in [1.165, 1.54) is 0 Å². The van der Waals surface area contributed by atoms with Crippen LogP contribution >= 0.6 is 0 Å². The standard InChI is InChI=1S/C19H27N3O3/c1-4-25-16-6-5-11-22-17(14(2)20-18(16)22)15(23)7-8-19(24)9-12-21(3)13-10-19/h5-6,11,24H,4,7-10,12-13H2,1-3H3. The lowest BCUT2D eigenvalue weighted by molar-refractivity contribution is -0.0226. The molecular formula is C19H27N3O3. The Hall–Kier alpha value is -1.92. The molecule has 136 valence electrons. The van der Waals surface area contributed by atoms with E-state index >= 15 is 0 Å². The molecule has 3 heterocycles. The number of hydrogen-bond acceptors (Lipinski definition) is 5. The largest absolute Gasteiger partial charge is 0.490 e. The van der Waals surface area contributed by atoms with Crippen LogP contribution in [0.2, 0.25) is 0 Å².